The number of nitrogens with two attached hydrogens (primary N) is 1. The van der Waals surface area contributed by atoms with E-state index < -0.39 is 11.4 Å². The first-order chi connectivity index (χ1) is 7.80. The standard InChI is InChI=1S/C12H22N2O3/c1-12(2,7-11(16)17)6-10(15)14-5-3-4-9(13)8-14/h9H,3-8,13H2,1-2H3,(H,16,17). The summed E-state index contributed by atoms with van der Waals surface area (Å²) in [6.45, 7) is 4.96. The molecule has 1 aliphatic rings. The molecular weight excluding hydrogens is 220 g/mol. The Balaban J connectivity index is 2.50. The van der Waals surface area contributed by atoms with Crippen LogP contribution in [0.2, 0.25) is 0 Å². The first kappa shape index (κ1) is 14.0. The summed E-state index contributed by atoms with van der Waals surface area (Å²) in [6, 6.07) is 0.0651. The average molecular weight is 242 g/mol. The van der Waals surface area contributed by atoms with Crippen LogP contribution < -0.4 is 5.73 Å². The summed E-state index contributed by atoms with van der Waals surface area (Å²) in [5.74, 6) is -0.843. The molecule has 5 heteroatoms. The Labute approximate surface area is 102 Å². The summed E-state index contributed by atoms with van der Waals surface area (Å²) in [7, 11) is 0. The van der Waals surface area contributed by atoms with Crippen molar-refractivity contribution in [3.63, 3.8) is 0 Å². The van der Waals surface area contributed by atoms with E-state index in [1.165, 1.54) is 0 Å². The lowest BCUT2D eigenvalue weighted by molar-refractivity contribution is -0.141. The fourth-order valence-electron chi connectivity index (χ4n) is 2.23. The summed E-state index contributed by atoms with van der Waals surface area (Å²) in [4.78, 5) is 24.5. The van der Waals surface area contributed by atoms with Crippen molar-refractivity contribution in [2.45, 2.75) is 45.6 Å². The van der Waals surface area contributed by atoms with Crippen LogP contribution in [0.15, 0.2) is 0 Å². The molecule has 3 N–H and O–H groups in total. The lowest BCUT2D eigenvalue weighted by Crippen LogP contribution is -2.46. The molecule has 0 radical (unpaired) electrons. The lowest BCUT2D eigenvalue weighted by atomic mass is 9.85. The molecule has 17 heavy (non-hydrogen) atoms. The quantitative estimate of drug-likeness (QED) is 0.764. The minimum absolute atomic E-state index is 0.0125. The van der Waals surface area contributed by atoms with Crippen molar-refractivity contribution in [1.82, 2.24) is 4.90 Å². The molecule has 1 fully saturated rings. The monoisotopic (exact) mass is 242 g/mol. The summed E-state index contributed by atoms with van der Waals surface area (Å²) in [5.41, 5.74) is 5.32. The number of carbonyl (C=O) groups excluding carboxylic acids is 1. The molecule has 1 saturated heterocycles. The molecule has 0 saturated carbocycles. The van der Waals surface area contributed by atoms with E-state index >= 15 is 0 Å². The number of piperidine rings is 1. The number of carboxylic acid groups (broad SMARTS) is 1. The maximum Gasteiger partial charge on any atom is 0.303 e. The van der Waals surface area contributed by atoms with Gasteiger partial charge in [0.1, 0.15) is 0 Å². The Morgan fingerprint density at radius 2 is 2.06 bits per heavy atom. The number of carboxylic acids is 1. The minimum atomic E-state index is -0.863. The predicted octanol–water partition coefficient (Wildman–Crippen LogP) is 0.827. The molecule has 0 bridgehead atoms. The summed E-state index contributed by atoms with van der Waals surface area (Å²) in [5, 5.41) is 8.77. The highest BCUT2D eigenvalue weighted by Crippen LogP contribution is 2.26. The second-order valence-electron chi connectivity index (χ2n) is 5.65. The van der Waals surface area contributed by atoms with Crippen molar-refractivity contribution in [3.8, 4) is 0 Å². The molecule has 0 aliphatic carbocycles. The van der Waals surface area contributed by atoms with Gasteiger partial charge in [-0.3, -0.25) is 9.59 Å². The van der Waals surface area contributed by atoms with Crippen LogP contribution in [0.1, 0.15) is 39.5 Å². The minimum Gasteiger partial charge on any atom is -0.481 e. The Kier molecular flexibility index (Phi) is 4.51. The maximum atomic E-state index is 12.0. The van der Waals surface area contributed by atoms with Gasteiger partial charge in [-0.1, -0.05) is 13.8 Å². The van der Waals surface area contributed by atoms with Gasteiger partial charge < -0.3 is 15.7 Å². The molecular formula is C12H22N2O3. The van der Waals surface area contributed by atoms with Crippen LogP contribution in [0.25, 0.3) is 0 Å². The molecule has 1 atom stereocenters. The number of rotatable bonds is 4. The Bertz CT molecular complexity index is 302. The summed E-state index contributed by atoms with van der Waals surface area (Å²) in [6.07, 6.45) is 2.18. The second kappa shape index (κ2) is 5.49. The molecule has 0 spiro atoms. The molecule has 0 aromatic carbocycles. The van der Waals surface area contributed by atoms with Crippen LogP contribution in [0.5, 0.6) is 0 Å². The third kappa shape index (κ3) is 4.73. The normalized spacial score (nSPS) is 21.4. The average Bonchev–Trinajstić information content (AvgIpc) is 2.14. The number of likely N-dealkylation sites (tertiary alicyclic amines) is 1. The Hall–Kier alpha value is -1.10. The van der Waals surface area contributed by atoms with E-state index in [1.54, 1.807) is 4.90 Å². The van der Waals surface area contributed by atoms with Gasteiger partial charge in [-0.2, -0.15) is 0 Å². The highest BCUT2D eigenvalue weighted by atomic mass is 16.4. The number of aliphatic carboxylic acids is 1. The van der Waals surface area contributed by atoms with Gasteiger partial charge in [0, 0.05) is 25.6 Å². The van der Waals surface area contributed by atoms with E-state index in [1.807, 2.05) is 13.8 Å². The number of hydrogen-bond donors (Lipinski definition) is 2. The molecule has 1 heterocycles. The van der Waals surface area contributed by atoms with E-state index in [0.29, 0.717) is 6.54 Å². The number of carbonyl (C=O) groups is 2. The van der Waals surface area contributed by atoms with Crippen LogP contribution in [0.3, 0.4) is 0 Å². The van der Waals surface area contributed by atoms with Gasteiger partial charge in [0.25, 0.3) is 0 Å². The van der Waals surface area contributed by atoms with Crippen molar-refractivity contribution >= 4 is 11.9 Å². The molecule has 1 amide bonds. The van der Waals surface area contributed by atoms with Crippen molar-refractivity contribution in [2.24, 2.45) is 11.1 Å². The number of amides is 1. The second-order valence-corrected chi connectivity index (χ2v) is 5.65. The van der Waals surface area contributed by atoms with E-state index in [9.17, 15) is 9.59 Å². The van der Waals surface area contributed by atoms with Crippen LogP contribution in [0.4, 0.5) is 0 Å². The van der Waals surface area contributed by atoms with Crippen LogP contribution in [-0.2, 0) is 9.59 Å². The van der Waals surface area contributed by atoms with Crippen LogP contribution in [0, 0.1) is 5.41 Å². The summed E-state index contributed by atoms with van der Waals surface area (Å²) < 4.78 is 0. The number of nitrogens with zero attached hydrogens (tertiary/aromatic N) is 1. The molecule has 0 aromatic rings. The first-order valence-electron chi connectivity index (χ1n) is 6.05. The van der Waals surface area contributed by atoms with Gasteiger partial charge in [0.05, 0.1) is 6.42 Å². The van der Waals surface area contributed by atoms with Crippen molar-refractivity contribution in [3.05, 3.63) is 0 Å². The first-order valence-corrected chi connectivity index (χ1v) is 6.05. The SMILES string of the molecule is CC(C)(CC(=O)O)CC(=O)N1CCCC(N)C1. The predicted molar refractivity (Wildman–Crippen MR) is 64.4 cm³/mol. The molecule has 0 aromatic heterocycles. The van der Waals surface area contributed by atoms with Gasteiger partial charge in [0.15, 0.2) is 0 Å². The van der Waals surface area contributed by atoms with Gasteiger partial charge >= 0.3 is 5.97 Å². The van der Waals surface area contributed by atoms with Crippen LogP contribution >= 0.6 is 0 Å². The van der Waals surface area contributed by atoms with E-state index in [2.05, 4.69) is 0 Å². The smallest absolute Gasteiger partial charge is 0.303 e. The molecule has 98 valence electrons. The van der Waals surface area contributed by atoms with Crippen molar-refractivity contribution in [1.29, 1.82) is 0 Å². The largest absolute Gasteiger partial charge is 0.481 e. The van der Waals surface area contributed by atoms with Gasteiger partial charge in [-0.15, -0.1) is 0 Å². The molecule has 1 unspecified atom stereocenters. The molecule has 5 nitrogen and oxygen atoms in total. The van der Waals surface area contributed by atoms with E-state index in [-0.39, 0.29) is 24.8 Å². The maximum absolute atomic E-state index is 12.0. The number of hydrogen-bond acceptors (Lipinski definition) is 3. The van der Waals surface area contributed by atoms with Gasteiger partial charge in [-0.05, 0) is 18.3 Å². The van der Waals surface area contributed by atoms with Crippen LogP contribution in [-0.4, -0.2) is 41.0 Å². The lowest BCUT2D eigenvalue weighted by Gasteiger charge is -2.33. The van der Waals surface area contributed by atoms with Gasteiger partial charge in [0.2, 0.25) is 5.91 Å². The van der Waals surface area contributed by atoms with Crippen molar-refractivity contribution in [2.75, 3.05) is 13.1 Å². The summed E-state index contributed by atoms with van der Waals surface area (Å²) >= 11 is 0. The third-order valence-corrected chi connectivity index (χ3v) is 3.07. The third-order valence-electron chi connectivity index (χ3n) is 3.07. The van der Waals surface area contributed by atoms with E-state index in [4.69, 9.17) is 10.8 Å². The van der Waals surface area contributed by atoms with Gasteiger partial charge in [-0.25, -0.2) is 0 Å². The highest BCUT2D eigenvalue weighted by Gasteiger charge is 2.29. The zero-order valence-corrected chi connectivity index (χ0v) is 10.6. The van der Waals surface area contributed by atoms with E-state index in [0.717, 1.165) is 19.4 Å². The van der Waals surface area contributed by atoms with Crippen molar-refractivity contribution < 1.29 is 14.7 Å². The Morgan fingerprint density at radius 3 is 2.59 bits per heavy atom. The topological polar surface area (TPSA) is 83.6 Å². The zero-order valence-electron chi connectivity index (χ0n) is 10.6. The fourth-order valence-corrected chi connectivity index (χ4v) is 2.23. The fraction of sp³-hybridized carbons (Fsp3) is 0.833. The Morgan fingerprint density at radius 1 is 1.41 bits per heavy atom. The zero-order chi connectivity index (χ0) is 13.1. The molecule has 1 rings (SSSR count). The molecule has 1 aliphatic heterocycles. The highest BCUT2D eigenvalue weighted by molar-refractivity contribution is 5.78.